The molecule has 0 saturated heterocycles. The SMILES string of the molecule is Cc1ccc(C(=N)N)c(Sc2ccc(F)cc2F)n1. The van der Waals surface area contributed by atoms with Crippen molar-refractivity contribution in [3.8, 4) is 0 Å². The maximum atomic E-state index is 13.6. The van der Waals surface area contributed by atoms with Gasteiger partial charge in [0.1, 0.15) is 22.5 Å². The quantitative estimate of drug-likeness (QED) is 0.670. The van der Waals surface area contributed by atoms with Crippen molar-refractivity contribution in [3.63, 3.8) is 0 Å². The number of nitrogens with one attached hydrogen (secondary N) is 1. The molecule has 0 radical (unpaired) electrons. The van der Waals surface area contributed by atoms with Crippen LogP contribution in [0.15, 0.2) is 40.3 Å². The molecule has 0 spiro atoms. The summed E-state index contributed by atoms with van der Waals surface area (Å²) < 4.78 is 26.4. The van der Waals surface area contributed by atoms with Gasteiger partial charge in [0.05, 0.1) is 0 Å². The second-order valence-corrected chi connectivity index (χ2v) is 4.93. The minimum Gasteiger partial charge on any atom is -0.384 e. The Morgan fingerprint density at radius 1 is 1.26 bits per heavy atom. The van der Waals surface area contributed by atoms with Gasteiger partial charge in [-0.15, -0.1) is 0 Å². The number of aryl methyl sites for hydroxylation is 1. The molecule has 3 nitrogen and oxygen atoms in total. The molecule has 98 valence electrons. The summed E-state index contributed by atoms with van der Waals surface area (Å²) in [5.74, 6) is -1.44. The van der Waals surface area contributed by atoms with Crippen LogP contribution in [-0.4, -0.2) is 10.8 Å². The van der Waals surface area contributed by atoms with Gasteiger partial charge in [-0.2, -0.15) is 0 Å². The normalized spacial score (nSPS) is 10.5. The van der Waals surface area contributed by atoms with E-state index in [0.717, 1.165) is 23.5 Å². The van der Waals surface area contributed by atoms with Crippen molar-refractivity contribution in [2.75, 3.05) is 0 Å². The molecule has 1 heterocycles. The molecule has 0 aliphatic heterocycles. The Kier molecular flexibility index (Phi) is 3.80. The zero-order valence-corrected chi connectivity index (χ0v) is 10.9. The molecule has 1 aromatic carbocycles. The Hall–Kier alpha value is -1.95. The predicted molar refractivity (Wildman–Crippen MR) is 70.5 cm³/mol. The van der Waals surface area contributed by atoms with E-state index in [4.69, 9.17) is 11.1 Å². The first kappa shape index (κ1) is 13.5. The van der Waals surface area contributed by atoms with E-state index in [9.17, 15) is 8.78 Å². The highest BCUT2D eigenvalue weighted by molar-refractivity contribution is 7.99. The molecule has 0 amide bonds. The van der Waals surface area contributed by atoms with E-state index in [1.165, 1.54) is 12.1 Å². The third-order valence-electron chi connectivity index (χ3n) is 2.39. The molecule has 2 aromatic rings. The number of benzene rings is 1. The first-order chi connectivity index (χ1) is 8.97. The minimum atomic E-state index is -0.664. The number of nitrogen functional groups attached to an aromatic ring is 1. The van der Waals surface area contributed by atoms with Gasteiger partial charge in [0, 0.05) is 22.2 Å². The van der Waals surface area contributed by atoms with E-state index in [1.54, 1.807) is 19.1 Å². The molecule has 0 aliphatic rings. The van der Waals surface area contributed by atoms with Gasteiger partial charge in [0.15, 0.2) is 0 Å². The van der Waals surface area contributed by atoms with Crippen LogP contribution in [0, 0.1) is 24.0 Å². The van der Waals surface area contributed by atoms with Crippen LogP contribution in [0.2, 0.25) is 0 Å². The predicted octanol–water partition coefficient (Wildman–Crippen LogP) is 3.10. The fourth-order valence-corrected chi connectivity index (χ4v) is 2.46. The first-order valence-electron chi connectivity index (χ1n) is 5.42. The average molecular weight is 279 g/mol. The van der Waals surface area contributed by atoms with Gasteiger partial charge in [-0.1, -0.05) is 11.8 Å². The maximum Gasteiger partial charge on any atom is 0.140 e. The van der Waals surface area contributed by atoms with Crippen molar-refractivity contribution >= 4 is 17.6 Å². The summed E-state index contributed by atoms with van der Waals surface area (Å²) in [5.41, 5.74) is 6.62. The van der Waals surface area contributed by atoms with E-state index >= 15 is 0 Å². The molecule has 19 heavy (non-hydrogen) atoms. The van der Waals surface area contributed by atoms with Gasteiger partial charge in [0.25, 0.3) is 0 Å². The molecule has 0 unspecified atom stereocenters. The Bertz CT molecular complexity index is 644. The molecule has 0 fully saturated rings. The lowest BCUT2D eigenvalue weighted by Gasteiger charge is -2.08. The molecule has 0 bridgehead atoms. The molecule has 6 heteroatoms. The third kappa shape index (κ3) is 3.08. The zero-order valence-electron chi connectivity index (χ0n) is 10.1. The number of halogens is 2. The molecule has 3 N–H and O–H groups in total. The Morgan fingerprint density at radius 3 is 2.63 bits per heavy atom. The molecule has 2 rings (SSSR count). The van der Waals surface area contributed by atoms with Crippen LogP contribution < -0.4 is 5.73 Å². The van der Waals surface area contributed by atoms with Crippen LogP contribution in [-0.2, 0) is 0 Å². The topological polar surface area (TPSA) is 62.8 Å². The van der Waals surface area contributed by atoms with Crippen LogP contribution in [0.5, 0.6) is 0 Å². The first-order valence-corrected chi connectivity index (χ1v) is 6.24. The van der Waals surface area contributed by atoms with Gasteiger partial charge in [-0.25, -0.2) is 13.8 Å². The van der Waals surface area contributed by atoms with Crippen molar-refractivity contribution in [3.05, 3.63) is 53.2 Å². The fourth-order valence-electron chi connectivity index (χ4n) is 1.48. The second-order valence-electron chi connectivity index (χ2n) is 3.90. The number of amidine groups is 1. The highest BCUT2D eigenvalue weighted by Crippen LogP contribution is 2.31. The van der Waals surface area contributed by atoms with Gasteiger partial charge in [-0.05, 0) is 31.2 Å². The van der Waals surface area contributed by atoms with Crippen molar-refractivity contribution < 1.29 is 8.78 Å². The van der Waals surface area contributed by atoms with E-state index in [-0.39, 0.29) is 10.7 Å². The molecule has 0 aliphatic carbocycles. The van der Waals surface area contributed by atoms with Crippen LogP contribution in [0.25, 0.3) is 0 Å². The standard InChI is InChI=1S/C13H11F2N3S/c1-7-2-4-9(12(16)17)13(18-7)19-11-5-3-8(14)6-10(11)15/h2-6H,1H3,(H3,16,17). The highest BCUT2D eigenvalue weighted by atomic mass is 32.2. The largest absolute Gasteiger partial charge is 0.384 e. The molecule has 1 aromatic heterocycles. The van der Waals surface area contributed by atoms with Crippen molar-refractivity contribution in [1.82, 2.24) is 4.98 Å². The van der Waals surface area contributed by atoms with E-state index < -0.39 is 11.6 Å². The summed E-state index contributed by atoms with van der Waals surface area (Å²) in [4.78, 5) is 4.47. The Morgan fingerprint density at radius 2 is 2.00 bits per heavy atom. The number of rotatable bonds is 3. The monoisotopic (exact) mass is 279 g/mol. The molecular formula is C13H11F2N3S. The second kappa shape index (κ2) is 5.36. The van der Waals surface area contributed by atoms with Crippen LogP contribution in [0.4, 0.5) is 8.78 Å². The minimum absolute atomic E-state index is 0.141. The molecule has 0 saturated carbocycles. The zero-order chi connectivity index (χ0) is 14.0. The van der Waals surface area contributed by atoms with E-state index in [0.29, 0.717) is 10.6 Å². The number of nitrogens with zero attached hydrogens (tertiary/aromatic N) is 1. The van der Waals surface area contributed by atoms with E-state index in [1.807, 2.05) is 0 Å². The molecule has 0 atom stereocenters. The van der Waals surface area contributed by atoms with Crippen LogP contribution >= 0.6 is 11.8 Å². The third-order valence-corrected chi connectivity index (χ3v) is 3.45. The van der Waals surface area contributed by atoms with Crippen molar-refractivity contribution in [2.24, 2.45) is 5.73 Å². The molecular weight excluding hydrogens is 268 g/mol. The number of aromatic nitrogens is 1. The van der Waals surface area contributed by atoms with Crippen LogP contribution in [0.3, 0.4) is 0 Å². The van der Waals surface area contributed by atoms with Crippen LogP contribution in [0.1, 0.15) is 11.3 Å². The lowest BCUT2D eigenvalue weighted by atomic mass is 10.2. The summed E-state index contributed by atoms with van der Waals surface area (Å²) in [7, 11) is 0. The number of nitrogens with two attached hydrogens (primary N) is 1. The highest BCUT2D eigenvalue weighted by Gasteiger charge is 2.12. The summed E-state index contributed by atoms with van der Waals surface area (Å²) >= 11 is 1.02. The number of pyridine rings is 1. The summed E-state index contributed by atoms with van der Waals surface area (Å²) in [5, 5.41) is 7.90. The Labute approximate surface area is 113 Å². The van der Waals surface area contributed by atoms with E-state index in [2.05, 4.69) is 4.98 Å². The van der Waals surface area contributed by atoms with Crippen molar-refractivity contribution in [2.45, 2.75) is 16.8 Å². The van der Waals surface area contributed by atoms with Gasteiger partial charge >= 0.3 is 0 Å². The van der Waals surface area contributed by atoms with Crippen molar-refractivity contribution in [1.29, 1.82) is 5.41 Å². The van der Waals surface area contributed by atoms with Gasteiger partial charge in [-0.3, -0.25) is 5.41 Å². The maximum absolute atomic E-state index is 13.6. The fraction of sp³-hybridized carbons (Fsp3) is 0.0769. The lowest BCUT2D eigenvalue weighted by molar-refractivity contribution is 0.565. The number of hydrogen-bond acceptors (Lipinski definition) is 3. The number of hydrogen-bond donors (Lipinski definition) is 2. The smallest absolute Gasteiger partial charge is 0.140 e. The lowest BCUT2D eigenvalue weighted by Crippen LogP contribution is -2.13. The summed E-state index contributed by atoms with van der Waals surface area (Å²) in [6.07, 6.45) is 0. The Balaban J connectivity index is 2.42. The summed E-state index contributed by atoms with van der Waals surface area (Å²) in [6, 6.07) is 6.71. The summed E-state index contributed by atoms with van der Waals surface area (Å²) in [6.45, 7) is 1.79. The average Bonchev–Trinajstić information content (AvgIpc) is 2.32. The van der Waals surface area contributed by atoms with Gasteiger partial charge in [0.2, 0.25) is 0 Å². The van der Waals surface area contributed by atoms with Gasteiger partial charge < -0.3 is 5.73 Å².